The van der Waals surface area contributed by atoms with E-state index in [-0.39, 0.29) is 0 Å². The van der Waals surface area contributed by atoms with Gasteiger partial charge in [0.05, 0.1) is 16.3 Å². The van der Waals surface area contributed by atoms with Crippen molar-refractivity contribution in [3.05, 3.63) is 75.9 Å². The van der Waals surface area contributed by atoms with Crippen LogP contribution in [-0.2, 0) is 6.42 Å². The molecule has 2 aromatic rings. The molecule has 0 amide bonds. The zero-order valence-corrected chi connectivity index (χ0v) is 17.1. The highest BCUT2D eigenvalue weighted by atomic mass is 35.5. The molecule has 0 spiro atoms. The van der Waals surface area contributed by atoms with E-state index in [0.717, 1.165) is 62.4 Å². The first kappa shape index (κ1) is 19.4. The minimum atomic E-state index is 0.796. The summed E-state index contributed by atoms with van der Waals surface area (Å²) in [5, 5.41) is 9.28. The minimum Gasteiger partial charge on any atom is -0.405 e. The number of thiazole rings is 1. The highest BCUT2D eigenvalue weighted by Gasteiger charge is 2.21. The highest BCUT2D eigenvalue weighted by molar-refractivity contribution is 7.16. The molecule has 0 saturated heterocycles. The molecule has 0 bridgehead atoms. The van der Waals surface area contributed by atoms with Gasteiger partial charge in [-0.3, -0.25) is 5.10 Å². The molecule has 27 heavy (non-hydrogen) atoms. The van der Waals surface area contributed by atoms with Crippen LogP contribution < -0.4 is 5.73 Å². The molecule has 0 aliphatic heterocycles. The van der Waals surface area contributed by atoms with E-state index in [1.54, 1.807) is 17.4 Å². The smallest absolute Gasteiger partial charge is 0.124 e. The molecule has 1 aliphatic carbocycles. The van der Waals surface area contributed by atoms with Crippen molar-refractivity contribution >= 4 is 28.5 Å². The molecule has 140 valence electrons. The minimum absolute atomic E-state index is 0.796. The summed E-state index contributed by atoms with van der Waals surface area (Å²) in [4.78, 5) is 6.11. The predicted molar refractivity (Wildman–Crippen MR) is 116 cm³/mol. The highest BCUT2D eigenvalue weighted by Crippen LogP contribution is 2.38. The van der Waals surface area contributed by atoms with Crippen molar-refractivity contribution in [3.63, 3.8) is 0 Å². The van der Waals surface area contributed by atoms with Gasteiger partial charge in [-0.25, -0.2) is 4.98 Å². The normalized spacial score (nSPS) is 15.1. The largest absolute Gasteiger partial charge is 0.405 e. The van der Waals surface area contributed by atoms with Gasteiger partial charge in [0, 0.05) is 28.3 Å². The quantitative estimate of drug-likeness (QED) is 0.624. The monoisotopic (exact) mass is 398 g/mol. The first-order valence-corrected chi connectivity index (χ1v) is 10.00. The molecule has 0 unspecified atom stereocenters. The van der Waals surface area contributed by atoms with Gasteiger partial charge in [0.15, 0.2) is 0 Å². The second-order valence-corrected chi connectivity index (χ2v) is 7.92. The van der Waals surface area contributed by atoms with Crippen molar-refractivity contribution in [3.8, 4) is 10.4 Å². The van der Waals surface area contributed by atoms with Gasteiger partial charge in [-0.2, -0.15) is 5.10 Å². The second kappa shape index (κ2) is 8.55. The van der Waals surface area contributed by atoms with Crippen molar-refractivity contribution in [1.82, 2.24) is 15.2 Å². The topological polar surface area (TPSA) is 67.6 Å². The average Bonchev–Trinajstić information content (AvgIpc) is 3.19. The van der Waals surface area contributed by atoms with Gasteiger partial charge in [-0.05, 0) is 45.0 Å². The molecule has 0 radical (unpaired) electrons. The molecule has 0 saturated carbocycles. The molecule has 0 aromatic carbocycles. The summed E-state index contributed by atoms with van der Waals surface area (Å²) >= 11 is 7.77. The maximum atomic E-state index is 6.11. The van der Waals surface area contributed by atoms with Crippen LogP contribution in [0.1, 0.15) is 34.9 Å². The summed E-state index contributed by atoms with van der Waals surface area (Å²) in [6.07, 6.45) is 13.8. The predicted octanol–water partition coefficient (Wildman–Crippen LogP) is 5.58. The molecular formula is C21H23ClN4S. The molecule has 0 atom stereocenters. The zero-order valence-electron chi connectivity index (χ0n) is 15.6. The Kier molecular flexibility index (Phi) is 6.14. The Labute approximate surface area is 168 Å². The van der Waals surface area contributed by atoms with E-state index < -0.39 is 0 Å². The van der Waals surface area contributed by atoms with E-state index in [2.05, 4.69) is 22.9 Å². The van der Waals surface area contributed by atoms with Gasteiger partial charge in [-0.1, -0.05) is 42.0 Å². The standard InChI is InChI=1S/C21H23ClN4S/c1-4-5-16(10-11-23)21-24-18(12-15-6-8-17(22)9-7-15)20(27-21)19-13(2)25-26-14(19)3/h4-6,8,10-11H,1,7,9,12,23H2,2-3H3,(H,25,26)/b11-10-,16-5+. The Morgan fingerprint density at radius 2 is 2.19 bits per heavy atom. The van der Waals surface area contributed by atoms with Gasteiger partial charge in [-0.15, -0.1) is 11.3 Å². The van der Waals surface area contributed by atoms with Crippen molar-refractivity contribution in [1.29, 1.82) is 0 Å². The lowest BCUT2D eigenvalue weighted by molar-refractivity contribution is 0.888. The molecule has 3 N–H and O–H groups in total. The number of allylic oxidation sites excluding steroid dienone is 8. The zero-order chi connectivity index (χ0) is 19.4. The Bertz CT molecular complexity index is 953. The Hall–Kier alpha value is -2.37. The van der Waals surface area contributed by atoms with Crippen molar-refractivity contribution in [2.75, 3.05) is 0 Å². The summed E-state index contributed by atoms with van der Waals surface area (Å²) < 4.78 is 0. The molecule has 3 rings (SSSR count). The van der Waals surface area contributed by atoms with E-state index in [0.29, 0.717) is 0 Å². The number of nitrogens with two attached hydrogens (primary N) is 1. The SMILES string of the molecule is C=C/C=C(\C=C/N)c1nc(CC2=CC=C(Cl)CC2)c(-c2c(C)n[nH]c2C)s1. The number of aryl methyl sites for hydroxylation is 2. The molecule has 6 heteroatoms. The van der Waals surface area contributed by atoms with Crippen molar-refractivity contribution in [2.24, 2.45) is 5.73 Å². The Morgan fingerprint density at radius 1 is 1.37 bits per heavy atom. The summed E-state index contributed by atoms with van der Waals surface area (Å²) in [5.74, 6) is 0. The molecular weight excluding hydrogens is 376 g/mol. The molecule has 1 aliphatic rings. The number of rotatable bonds is 6. The van der Waals surface area contributed by atoms with Crippen LogP contribution in [0.4, 0.5) is 0 Å². The Balaban J connectivity index is 2.10. The van der Waals surface area contributed by atoms with Crippen LogP contribution in [0.25, 0.3) is 16.0 Å². The summed E-state index contributed by atoms with van der Waals surface area (Å²) in [7, 11) is 0. The maximum absolute atomic E-state index is 6.11. The van der Waals surface area contributed by atoms with Gasteiger partial charge in [0.1, 0.15) is 5.01 Å². The third kappa shape index (κ3) is 4.31. The lowest BCUT2D eigenvalue weighted by Crippen LogP contribution is -1.97. The van der Waals surface area contributed by atoms with Gasteiger partial charge < -0.3 is 5.73 Å². The van der Waals surface area contributed by atoms with Crippen LogP contribution in [0, 0.1) is 13.8 Å². The third-order valence-electron chi connectivity index (χ3n) is 4.45. The van der Waals surface area contributed by atoms with Gasteiger partial charge in [0.2, 0.25) is 0 Å². The first-order chi connectivity index (χ1) is 13.0. The molecule has 2 aromatic heterocycles. The van der Waals surface area contributed by atoms with Crippen LogP contribution in [0.15, 0.2) is 53.8 Å². The molecule has 0 fully saturated rings. The van der Waals surface area contributed by atoms with E-state index in [1.807, 2.05) is 32.1 Å². The number of halogens is 1. The molecule has 4 nitrogen and oxygen atoms in total. The van der Waals surface area contributed by atoms with Crippen LogP contribution in [0.2, 0.25) is 0 Å². The fourth-order valence-corrected chi connectivity index (χ4v) is 4.52. The first-order valence-electron chi connectivity index (χ1n) is 8.80. The number of aromatic amines is 1. The summed E-state index contributed by atoms with van der Waals surface area (Å²) in [5.41, 5.74) is 12.1. The van der Waals surface area contributed by atoms with Crippen molar-refractivity contribution in [2.45, 2.75) is 33.1 Å². The van der Waals surface area contributed by atoms with E-state index in [9.17, 15) is 0 Å². The summed E-state index contributed by atoms with van der Waals surface area (Å²) in [6, 6.07) is 0. The van der Waals surface area contributed by atoms with Gasteiger partial charge in [0.25, 0.3) is 0 Å². The number of hydrogen-bond acceptors (Lipinski definition) is 4. The number of hydrogen-bond donors (Lipinski definition) is 2. The number of H-pyrrole nitrogens is 1. The van der Waals surface area contributed by atoms with Gasteiger partial charge >= 0.3 is 0 Å². The van der Waals surface area contributed by atoms with E-state index >= 15 is 0 Å². The second-order valence-electron chi connectivity index (χ2n) is 6.44. The van der Waals surface area contributed by atoms with E-state index in [4.69, 9.17) is 22.3 Å². The third-order valence-corrected chi connectivity index (χ3v) is 5.93. The lowest BCUT2D eigenvalue weighted by Gasteiger charge is -2.11. The molecule has 2 heterocycles. The maximum Gasteiger partial charge on any atom is 0.124 e. The Morgan fingerprint density at radius 3 is 2.78 bits per heavy atom. The van der Waals surface area contributed by atoms with Crippen LogP contribution in [-0.4, -0.2) is 15.2 Å². The number of nitrogens with zero attached hydrogens (tertiary/aromatic N) is 2. The fraction of sp³-hybridized carbons (Fsp3) is 0.238. The van der Waals surface area contributed by atoms with Crippen LogP contribution in [0.3, 0.4) is 0 Å². The van der Waals surface area contributed by atoms with Crippen LogP contribution >= 0.6 is 22.9 Å². The van der Waals surface area contributed by atoms with E-state index in [1.165, 1.54) is 11.8 Å². The fourth-order valence-electron chi connectivity index (χ4n) is 3.12. The summed E-state index contributed by atoms with van der Waals surface area (Å²) in [6.45, 7) is 7.86. The average molecular weight is 399 g/mol. The van der Waals surface area contributed by atoms with Crippen molar-refractivity contribution < 1.29 is 0 Å². The number of nitrogens with one attached hydrogen (secondary N) is 1. The number of aromatic nitrogens is 3. The van der Waals surface area contributed by atoms with Crippen LogP contribution in [0.5, 0.6) is 0 Å². The lowest BCUT2D eigenvalue weighted by atomic mass is 9.98.